The molecule has 0 aromatic heterocycles. The molecule has 0 bridgehead atoms. The molecule has 1 heteroatoms. The normalized spacial score (nSPS) is 39.3. The van der Waals surface area contributed by atoms with Gasteiger partial charge in [0.15, 0.2) is 0 Å². The fraction of sp³-hybridized carbons (Fsp3) is 1.00. The van der Waals surface area contributed by atoms with E-state index in [1.54, 1.807) is 0 Å². The van der Waals surface area contributed by atoms with Gasteiger partial charge in [0, 0.05) is 0 Å². The molecule has 0 aromatic carbocycles. The zero-order valence-electron chi connectivity index (χ0n) is 7.22. The first-order valence-corrected chi connectivity index (χ1v) is 5.12. The first-order valence-electron chi connectivity index (χ1n) is 5.12. The van der Waals surface area contributed by atoms with Crippen LogP contribution in [0.1, 0.15) is 51.4 Å². The van der Waals surface area contributed by atoms with E-state index >= 15 is 0 Å². The molecule has 1 nitrogen and oxygen atoms in total. The molecular weight excluding hydrogens is 136 g/mol. The van der Waals surface area contributed by atoms with Gasteiger partial charge in [-0.1, -0.05) is 38.5 Å². The zero-order valence-corrected chi connectivity index (χ0v) is 7.22. The Morgan fingerprint density at radius 1 is 0.636 bits per heavy atom. The maximum atomic E-state index is 5.55. The molecule has 0 radical (unpaired) electrons. The lowest BCUT2D eigenvalue weighted by atomic mass is 10.0. The van der Waals surface area contributed by atoms with E-state index in [1.807, 2.05) is 0 Å². The summed E-state index contributed by atoms with van der Waals surface area (Å²) in [5, 5.41) is 0. The lowest BCUT2D eigenvalue weighted by Crippen LogP contribution is -1.96. The lowest BCUT2D eigenvalue weighted by Gasteiger charge is -2.02. The van der Waals surface area contributed by atoms with Gasteiger partial charge in [-0.2, -0.15) is 0 Å². The van der Waals surface area contributed by atoms with E-state index in [0.29, 0.717) is 12.2 Å². The first-order chi connectivity index (χ1) is 5.47. The smallest absolute Gasteiger partial charge is 0.0841 e. The molecule has 1 heterocycles. The number of epoxide rings is 1. The van der Waals surface area contributed by atoms with Crippen LogP contribution in [-0.2, 0) is 4.74 Å². The number of ether oxygens (including phenoxy) is 1. The van der Waals surface area contributed by atoms with Gasteiger partial charge >= 0.3 is 0 Å². The standard InChI is InChI=1S/C10H18O/c1-2-4-6-8-10-9(11-10)7-5-3-1/h9-10H,1-8H2/t9-,10+. The largest absolute Gasteiger partial charge is 0.370 e. The maximum Gasteiger partial charge on any atom is 0.0841 e. The Hall–Kier alpha value is -0.0400. The van der Waals surface area contributed by atoms with Crippen LogP contribution in [0.5, 0.6) is 0 Å². The quantitative estimate of drug-likeness (QED) is 0.489. The van der Waals surface area contributed by atoms with Gasteiger partial charge in [-0.05, 0) is 12.8 Å². The SMILES string of the molecule is C1CCCC[C@H]2O[C@H]2CCC1. The highest BCUT2D eigenvalue weighted by Gasteiger charge is 2.36. The molecule has 2 atom stereocenters. The molecule has 0 spiro atoms. The second-order valence-corrected chi connectivity index (χ2v) is 3.91. The molecule has 2 rings (SSSR count). The third kappa shape index (κ3) is 2.19. The van der Waals surface area contributed by atoms with Crippen molar-refractivity contribution < 1.29 is 4.74 Å². The molecule has 2 aliphatic rings. The molecule has 64 valence electrons. The summed E-state index contributed by atoms with van der Waals surface area (Å²) in [6.45, 7) is 0. The van der Waals surface area contributed by atoms with Gasteiger partial charge in [0.05, 0.1) is 12.2 Å². The van der Waals surface area contributed by atoms with Crippen molar-refractivity contribution in [2.24, 2.45) is 0 Å². The molecule has 2 fully saturated rings. The molecule has 11 heavy (non-hydrogen) atoms. The van der Waals surface area contributed by atoms with Gasteiger partial charge in [0.25, 0.3) is 0 Å². The summed E-state index contributed by atoms with van der Waals surface area (Å²) in [5.41, 5.74) is 0. The Balaban J connectivity index is 1.72. The van der Waals surface area contributed by atoms with E-state index in [2.05, 4.69) is 0 Å². The van der Waals surface area contributed by atoms with E-state index in [0.717, 1.165) is 0 Å². The van der Waals surface area contributed by atoms with Crippen LogP contribution in [-0.4, -0.2) is 12.2 Å². The Bertz CT molecular complexity index is 108. The minimum Gasteiger partial charge on any atom is -0.370 e. The predicted octanol–water partition coefficient (Wildman–Crippen LogP) is 2.89. The highest BCUT2D eigenvalue weighted by Crippen LogP contribution is 2.32. The molecule has 1 saturated heterocycles. The van der Waals surface area contributed by atoms with Gasteiger partial charge in [0.2, 0.25) is 0 Å². The van der Waals surface area contributed by atoms with E-state index in [1.165, 1.54) is 51.4 Å². The van der Waals surface area contributed by atoms with E-state index < -0.39 is 0 Å². The van der Waals surface area contributed by atoms with E-state index in [4.69, 9.17) is 4.74 Å². The predicted molar refractivity (Wildman–Crippen MR) is 45.6 cm³/mol. The van der Waals surface area contributed by atoms with Gasteiger partial charge in [-0.15, -0.1) is 0 Å². The molecule has 0 aromatic rings. The Morgan fingerprint density at radius 3 is 1.64 bits per heavy atom. The number of rotatable bonds is 0. The van der Waals surface area contributed by atoms with Crippen molar-refractivity contribution in [3.8, 4) is 0 Å². The van der Waals surface area contributed by atoms with Gasteiger partial charge in [-0.25, -0.2) is 0 Å². The van der Waals surface area contributed by atoms with Crippen molar-refractivity contribution in [1.29, 1.82) is 0 Å². The topological polar surface area (TPSA) is 12.5 Å². The average Bonchev–Trinajstić information content (AvgIpc) is 2.76. The Morgan fingerprint density at radius 2 is 1.09 bits per heavy atom. The molecule has 1 aliphatic heterocycles. The second-order valence-electron chi connectivity index (χ2n) is 3.91. The number of fused-ring (bicyclic) bond motifs is 1. The minimum atomic E-state index is 0.674. The monoisotopic (exact) mass is 154 g/mol. The summed E-state index contributed by atoms with van der Waals surface area (Å²) in [4.78, 5) is 0. The van der Waals surface area contributed by atoms with Crippen LogP contribution in [0, 0.1) is 0 Å². The van der Waals surface area contributed by atoms with E-state index in [9.17, 15) is 0 Å². The molecular formula is C10H18O. The number of hydrogen-bond donors (Lipinski definition) is 0. The van der Waals surface area contributed by atoms with Crippen LogP contribution in [0.2, 0.25) is 0 Å². The van der Waals surface area contributed by atoms with Crippen LogP contribution in [0.15, 0.2) is 0 Å². The summed E-state index contributed by atoms with van der Waals surface area (Å²) >= 11 is 0. The Kier molecular flexibility index (Phi) is 2.47. The summed E-state index contributed by atoms with van der Waals surface area (Å²) in [6, 6.07) is 0. The minimum absolute atomic E-state index is 0.674. The highest BCUT2D eigenvalue weighted by molar-refractivity contribution is 4.84. The van der Waals surface area contributed by atoms with Crippen molar-refractivity contribution >= 4 is 0 Å². The molecule has 1 aliphatic carbocycles. The third-order valence-electron chi connectivity index (χ3n) is 2.91. The molecule has 0 unspecified atom stereocenters. The average molecular weight is 154 g/mol. The van der Waals surface area contributed by atoms with Crippen molar-refractivity contribution in [2.45, 2.75) is 63.6 Å². The third-order valence-corrected chi connectivity index (χ3v) is 2.91. The van der Waals surface area contributed by atoms with Gasteiger partial charge < -0.3 is 4.74 Å². The zero-order chi connectivity index (χ0) is 7.52. The van der Waals surface area contributed by atoms with Crippen LogP contribution >= 0.6 is 0 Å². The second kappa shape index (κ2) is 3.57. The van der Waals surface area contributed by atoms with Crippen molar-refractivity contribution in [1.82, 2.24) is 0 Å². The van der Waals surface area contributed by atoms with Crippen molar-refractivity contribution in [3.05, 3.63) is 0 Å². The van der Waals surface area contributed by atoms with Gasteiger partial charge in [-0.3, -0.25) is 0 Å². The number of hydrogen-bond acceptors (Lipinski definition) is 1. The van der Waals surface area contributed by atoms with Crippen LogP contribution in [0.4, 0.5) is 0 Å². The summed E-state index contributed by atoms with van der Waals surface area (Å²) in [6.07, 6.45) is 12.6. The maximum absolute atomic E-state index is 5.55. The lowest BCUT2D eigenvalue weighted by molar-refractivity contribution is 0.352. The molecule has 0 N–H and O–H groups in total. The first kappa shape index (κ1) is 7.60. The van der Waals surface area contributed by atoms with Crippen LogP contribution in [0.25, 0.3) is 0 Å². The summed E-state index contributed by atoms with van der Waals surface area (Å²) in [7, 11) is 0. The van der Waals surface area contributed by atoms with Crippen molar-refractivity contribution in [3.63, 3.8) is 0 Å². The van der Waals surface area contributed by atoms with Gasteiger partial charge in [0.1, 0.15) is 0 Å². The van der Waals surface area contributed by atoms with E-state index in [-0.39, 0.29) is 0 Å². The molecule has 0 amide bonds. The van der Waals surface area contributed by atoms with Crippen LogP contribution in [0.3, 0.4) is 0 Å². The van der Waals surface area contributed by atoms with Crippen molar-refractivity contribution in [2.75, 3.05) is 0 Å². The molecule has 1 saturated carbocycles. The fourth-order valence-electron chi connectivity index (χ4n) is 2.09. The summed E-state index contributed by atoms with van der Waals surface area (Å²) < 4.78 is 5.55. The highest BCUT2D eigenvalue weighted by atomic mass is 16.6. The Labute approximate surface area is 69.1 Å². The summed E-state index contributed by atoms with van der Waals surface area (Å²) in [5.74, 6) is 0. The fourth-order valence-corrected chi connectivity index (χ4v) is 2.09. The van der Waals surface area contributed by atoms with Crippen LogP contribution < -0.4 is 0 Å².